The molecule has 0 aliphatic carbocycles. The molecule has 0 saturated heterocycles. The zero-order valence-electron chi connectivity index (χ0n) is 35.4. The molecule has 0 fully saturated rings. The summed E-state index contributed by atoms with van der Waals surface area (Å²) in [5, 5.41) is 7.33. The lowest BCUT2D eigenvalue weighted by molar-refractivity contribution is -0.145. The van der Waals surface area contributed by atoms with Gasteiger partial charge in [-0.15, -0.1) is 0 Å². The fourth-order valence-electron chi connectivity index (χ4n) is 5.64. The molecule has 26 heteroatoms. The molecule has 0 aliphatic heterocycles. The fourth-order valence-corrected chi connectivity index (χ4v) is 6.40. The number of nitrogens with one attached hydrogen (secondary N) is 1. The number of alkyl halides is 6. The highest BCUT2D eigenvalue weighted by Gasteiger charge is 2.32. The molecule has 0 aliphatic rings. The zero-order chi connectivity index (χ0) is 48.2. The first-order valence-corrected chi connectivity index (χ1v) is 23.2. The molecule has 348 valence electrons. The molecule has 0 radical (unpaired) electrons. The number of ether oxygens (including phenoxy) is 1. The Labute approximate surface area is 372 Å². The monoisotopic (exact) mass is 940 g/mol. The molecular weight excluding hydrogens is 899 g/mol. The van der Waals surface area contributed by atoms with E-state index in [-0.39, 0.29) is 67.5 Å². The lowest BCUT2D eigenvalue weighted by Gasteiger charge is -2.21. The van der Waals surface area contributed by atoms with Gasteiger partial charge < -0.3 is 31.3 Å². The first-order chi connectivity index (χ1) is 31.1. The predicted molar refractivity (Wildman–Crippen MR) is 225 cm³/mol. The van der Waals surface area contributed by atoms with Gasteiger partial charge in [0.25, 0.3) is 0 Å². The second kappa shape index (κ2) is 21.5. The van der Waals surface area contributed by atoms with Crippen molar-refractivity contribution in [2.24, 2.45) is 5.73 Å². The van der Waals surface area contributed by atoms with Crippen LogP contribution in [0, 0.1) is 0 Å². The number of nitrogen functional groups attached to an aromatic ring is 1. The summed E-state index contributed by atoms with van der Waals surface area (Å²) >= 11 is 0. The number of pyridine rings is 3. The minimum absolute atomic E-state index is 0.0886. The molecule has 0 saturated carbocycles. The van der Waals surface area contributed by atoms with Crippen molar-refractivity contribution in [1.82, 2.24) is 54.5 Å². The number of primary amides is 1. The minimum Gasteiger partial charge on any atom is -0.383 e. The Hall–Kier alpha value is -7.48. The van der Waals surface area contributed by atoms with E-state index >= 15 is 0 Å². The molecule has 66 heavy (non-hydrogen) atoms. The van der Waals surface area contributed by atoms with Crippen LogP contribution >= 0.6 is 0 Å². The number of nitrogens with two attached hydrogens (primary N) is 2. The van der Waals surface area contributed by atoms with Gasteiger partial charge >= 0.3 is 36.0 Å². The fraction of sp³-hybridized carbons (Fsp3) is 0.300. The highest BCUT2D eigenvalue weighted by atomic mass is 28.3. The standard InChI is InChI=1S/C26H30F3N9O3Si.C14H12F3N5O2/c1-42(2,3)10-9-41-16-38-22-19(12-35-38)23(30)34-13-20(22)36-24(39)25(40)37(15-21-31-7-4-8-32-21)14-18-6-5-17(11-33-18)26(27,28)29;15-14(16,17)9-2-3-10(21-6-9)7-22(13(24)12(18)23)8-11-19-4-1-5-20-11/h4-8,11-13H,9-10,14-16H2,1-3H3,(H2,30,34)(H,36,39);1-6H,7-8H2,(H2,18,23). The lowest BCUT2D eigenvalue weighted by Crippen LogP contribution is -2.40. The summed E-state index contributed by atoms with van der Waals surface area (Å²) in [5.74, 6) is -3.58. The van der Waals surface area contributed by atoms with Crippen molar-refractivity contribution in [3.8, 4) is 0 Å². The third-order valence-corrected chi connectivity index (χ3v) is 10.8. The highest BCUT2D eigenvalue weighted by molar-refractivity contribution is 6.76. The van der Waals surface area contributed by atoms with Crippen LogP contribution in [0.5, 0.6) is 0 Å². The van der Waals surface area contributed by atoms with Gasteiger partial charge in [-0.3, -0.25) is 29.1 Å². The van der Waals surface area contributed by atoms with Gasteiger partial charge in [0.15, 0.2) is 0 Å². The largest absolute Gasteiger partial charge is 0.417 e. The van der Waals surface area contributed by atoms with Crippen LogP contribution in [0.25, 0.3) is 10.9 Å². The first-order valence-electron chi connectivity index (χ1n) is 19.5. The Morgan fingerprint density at radius 3 is 1.64 bits per heavy atom. The number of carbonyl (C=O) groups excluding carboxylic acids is 4. The van der Waals surface area contributed by atoms with Crippen LogP contribution in [0.4, 0.5) is 37.8 Å². The molecule has 0 aromatic carbocycles. The SMILES string of the molecule is C[Si](C)(C)CCOCn1ncc2c(N)ncc(NC(=O)C(=O)N(Cc3ccc(C(F)(F)F)cn3)Cc3ncccn3)c21.NC(=O)C(=O)N(Cc1ccc(C(F)(F)F)cn1)Cc1ncccn1. The van der Waals surface area contributed by atoms with E-state index < -0.39 is 55.2 Å². The molecule has 4 amide bonds. The number of hydrogen-bond acceptors (Lipinski definition) is 14. The van der Waals surface area contributed by atoms with Crippen molar-refractivity contribution in [3.05, 3.63) is 120 Å². The zero-order valence-corrected chi connectivity index (χ0v) is 36.4. The van der Waals surface area contributed by atoms with E-state index in [0.29, 0.717) is 29.9 Å². The van der Waals surface area contributed by atoms with Gasteiger partial charge in [0.1, 0.15) is 24.2 Å². The summed E-state index contributed by atoms with van der Waals surface area (Å²) < 4.78 is 83.8. The number of aromatic nitrogens is 9. The minimum atomic E-state index is -4.57. The maximum absolute atomic E-state index is 13.4. The summed E-state index contributed by atoms with van der Waals surface area (Å²) in [5.41, 5.74) is 10.0. The van der Waals surface area contributed by atoms with Gasteiger partial charge in [0.05, 0.1) is 77.7 Å². The van der Waals surface area contributed by atoms with E-state index in [4.69, 9.17) is 16.2 Å². The van der Waals surface area contributed by atoms with Crippen LogP contribution in [-0.4, -0.2) is 92.8 Å². The van der Waals surface area contributed by atoms with E-state index in [1.165, 1.54) is 41.9 Å². The van der Waals surface area contributed by atoms with E-state index in [1.807, 2.05) is 0 Å². The van der Waals surface area contributed by atoms with Crippen molar-refractivity contribution in [1.29, 1.82) is 0 Å². The van der Waals surface area contributed by atoms with Gasteiger partial charge in [-0.05, 0) is 42.4 Å². The molecule has 0 atom stereocenters. The number of rotatable bonds is 14. The molecule has 0 unspecified atom stereocenters. The molecule has 6 aromatic rings. The van der Waals surface area contributed by atoms with Crippen molar-refractivity contribution in [3.63, 3.8) is 0 Å². The second-order valence-corrected chi connectivity index (χ2v) is 21.0. The summed E-state index contributed by atoms with van der Waals surface area (Å²) in [6.45, 7) is 6.50. The maximum atomic E-state index is 13.4. The Balaban J connectivity index is 0.000000288. The molecule has 6 rings (SSSR count). The van der Waals surface area contributed by atoms with Crippen LogP contribution in [0.1, 0.15) is 34.2 Å². The average Bonchev–Trinajstić information content (AvgIpc) is 3.70. The molecule has 5 N–H and O–H groups in total. The van der Waals surface area contributed by atoms with E-state index in [0.717, 1.165) is 40.1 Å². The summed E-state index contributed by atoms with van der Waals surface area (Å²) in [4.78, 5) is 79.3. The van der Waals surface area contributed by atoms with Gasteiger partial charge in [-0.25, -0.2) is 29.6 Å². The van der Waals surface area contributed by atoms with Crippen LogP contribution < -0.4 is 16.8 Å². The second-order valence-electron chi connectivity index (χ2n) is 15.4. The smallest absolute Gasteiger partial charge is 0.383 e. The molecule has 6 heterocycles. The number of carbonyl (C=O) groups is 4. The Morgan fingerprint density at radius 2 is 1.20 bits per heavy atom. The summed E-state index contributed by atoms with van der Waals surface area (Å²) in [6.07, 6.45) is 0.877. The van der Waals surface area contributed by atoms with Crippen LogP contribution in [0.2, 0.25) is 25.7 Å². The van der Waals surface area contributed by atoms with E-state index in [1.54, 1.807) is 12.1 Å². The normalized spacial score (nSPS) is 11.7. The molecule has 0 bridgehead atoms. The van der Waals surface area contributed by atoms with Gasteiger partial charge in [-0.1, -0.05) is 19.6 Å². The van der Waals surface area contributed by atoms with Crippen LogP contribution in [-0.2, 0) is 69.2 Å². The van der Waals surface area contributed by atoms with Crippen molar-refractivity contribution in [2.75, 3.05) is 17.7 Å². The molecule has 6 aromatic heterocycles. The van der Waals surface area contributed by atoms with E-state index in [9.17, 15) is 45.5 Å². The highest BCUT2D eigenvalue weighted by Crippen LogP contribution is 2.30. The Bertz CT molecular complexity index is 2600. The van der Waals surface area contributed by atoms with E-state index in [2.05, 4.69) is 64.9 Å². The van der Waals surface area contributed by atoms with Crippen molar-refractivity contribution in [2.45, 2.75) is 70.9 Å². The van der Waals surface area contributed by atoms with Gasteiger partial charge in [0.2, 0.25) is 0 Å². The number of anilines is 2. The Kier molecular flexibility index (Phi) is 16.1. The third-order valence-electron chi connectivity index (χ3n) is 9.05. The number of nitrogens with zero attached hydrogens (tertiary/aromatic N) is 11. The van der Waals surface area contributed by atoms with Gasteiger partial charge in [0, 0.05) is 51.9 Å². The quantitative estimate of drug-likeness (QED) is 0.0584. The number of amides is 4. The average molecular weight is 941 g/mol. The van der Waals surface area contributed by atoms with Crippen molar-refractivity contribution >= 4 is 54.1 Å². The van der Waals surface area contributed by atoms with Crippen LogP contribution in [0.15, 0.2) is 86.0 Å². The van der Waals surface area contributed by atoms with Crippen molar-refractivity contribution < 1.29 is 50.3 Å². The van der Waals surface area contributed by atoms with Crippen LogP contribution in [0.3, 0.4) is 0 Å². The molecule has 0 spiro atoms. The predicted octanol–water partition coefficient (Wildman–Crippen LogP) is 4.60. The first kappa shape index (κ1) is 49.5. The third kappa shape index (κ3) is 14.3. The van der Waals surface area contributed by atoms with Gasteiger partial charge in [-0.2, -0.15) is 31.4 Å². The number of fused-ring (bicyclic) bond motifs is 1. The Morgan fingerprint density at radius 1 is 0.697 bits per heavy atom. The maximum Gasteiger partial charge on any atom is 0.417 e. The summed E-state index contributed by atoms with van der Waals surface area (Å²) in [7, 11) is -1.31. The lowest BCUT2D eigenvalue weighted by atomic mass is 10.2. The number of halogens is 6. The molecular formula is C40H42F6N14O5Si. The summed E-state index contributed by atoms with van der Waals surface area (Å²) in [6, 6.07) is 8.06. The topological polar surface area (TPSA) is 256 Å². The number of hydrogen-bond donors (Lipinski definition) is 3. The molecule has 19 nitrogen and oxygen atoms in total.